The number of benzene rings is 1. The first kappa shape index (κ1) is 14.5. The SMILES string of the molecule is COCc1cc(CC(N)C(=O)OC)ccc1OC. The summed E-state index contributed by atoms with van der Waals surface area (Å²) in [4.78, 5) is 11.3. The van der Waals surface area contributed by atoms with Crippen molar-refractivity contribution in [1.82, 2.24) is 0 Å². The van der Waals surface area contributed by atoms with Crippen LogP contribution in [0.25, 0.3) is 0 Å². The van der Waals surface area contributed by atoms with E-state index in [2.05, 4.69) is 4.74 Å². The fourth-order valence-corrected chi connectivity index (χ4v) is 1.72. The first-order valence-corrected chi connectivity index (χ1v) is 5.60. The molecule has 0 saturated carbocycles. The van der Waals surface area contributed by atoms with Crippen molar-refractivity contribution >= 4 is 5.97 Å². The summed E-state index contributed by atoms with van der Waals surface area (Å²) >= 11 is 0. The number of methoxy groups -OCH3 is 3. The fraction of sp³-hybridized carbons (Fsp3) is 0.462. The largest absolute Gasteiger partial charge is 0.496 e. The van der Waals surface area contributed by atoms with Gasteiger partial charge in [-0.2, -0.15) is 0 Å². The average molecular weight is 253 g/mol. The summed E-state index contributed by atoms with van der Waals surface area (Å²) < 4.78 is 14.9. The van der Waals surface area contributed by atoms with Gasteiger partial charge in [0, 0.05) is 12.7 Å². The van der Waals surface area contributed by atoms with Gasteiger partial charge in [-0.3, -0.25) is 4.79 Å². The molecule has 100 valence electrons. The molecular formula is C13H19NO4. The van der Waals surface area contributed by atoms with Gasteiger partial charge in [-0.1, -0.05) is 6.07 Å². The van der Waals surface area contributed by atoms with Crippen LogP contribution >= 0.6 is 0 Å². The molecule has 0 bridgehead atoms. The van der Waals surface area contributed by atoms with Crippen molar-refractivity contribution in [3.8, 4) is 5.75 Å². The molecule has 0 fully saturated rings. The lowest BCUT2D eigenvalue weighted by Crippen LogP contribution is -2.33. The molecule has 0 spiro atoms. The molecule has 0 aliphatic heterocycles. The van der Waals surface area contributed by atoms with E-state index in [9.17, 15) is 4.79 Å². The molecule has 1 atom stereocenters. The molecule has 1 aromatic carbocycles. The second kappa shape index (κ2) is 6.98. The van der Waals surface area contributed by atoms with Gasteiger partial charge >= 0.3 is 5.97 Å². The lowest BCUT2D eigenvalue weighted by molar-refractivity contribution is -0.142. The van der Waals surface area contributed by atoms with E-state index in [1.165, 1.54) is 7.11 Å². The summed E-state index contributed by atoms with van der Waals surface area (Å²) in [5.41, 5.74) is 7.59. The van der Waals surface area contributed by atoms with Crippen molar-refractivity contribution in [2.75, 3.05) is 21.3 Å². The van der Waals surface area contributed by atoms with Gasteiger partial charge in [0.25, 0.3) is 0 Å². The maximum absolute atomic E-state index is 11.3. The van der Waals surface area contributed by atoms with E-state index in [1.54, 1.807) is 14.2 Å². The van der Waals surface area contributed by atoms with Crippen LogP contribution in [-0.2, 0) is 27.3 Å². The third-order valence-electron chi connectivity index (χ3n) is 2.60. The van der Waals surface area contributed by atoms with Crippen LogP contribution in [-0.4, -0.2) is 33.3 Å². The number of ether oxygens (including phenoxy) is 3. The molecule has 0 aromatic heterocycles. The molecule has 0 radical (unpaired) electrons. The molecule has 0 amide bonds. The van der Waals surface area contributed by atoms with Crippen molar-refractivity contribution in [3.05, 3.63) is 29.3 Å². The van der Waals surface area contributed by atoms with Gasteiger partial charge in [-0.25, -0.2) is 0 Å². The zero-order valence-electron chi connectivity index (χ0n) is 10.9. The predicted molar refractivity (Wildman–Crippen MR) is 67.4 cm³/mol. The Bertz CT molecular complexity index is 406. The third-order valence-corrected chi connectivity index (χ3v) is 2.60. The van der Waals surface area contributed by atoms with Gasteiger partial charge in [0.05, 0.1) is 20.8 Å². The van der Waals surface area contributed by atoms with Crippen LogP contribution in [0.3, 0.4) is 0 Å². The Morgan fingerprint density at radius 3 is 2.61 bits per heavy atom. The number of esters is 1. The minimum atomic E-state index is -0.654. The van der Waals surface area contributed by atoms with Crippen LogP contribution in [0, 0.1) is 0 Å². The molecular weight excluding hydrogens is 234 g/mol. The smallest absolute Gasteiger partial charge is 0.322 e. The normalized spacial score (nSPS) is 12.0. The molecule has 1 rings (SSSR count). The Hall–Kier alpha value is -1.59. The van der Waals surface area contributed by atoms with Gasteiger partial charge in [0.2, 0.25) is 0 Å². The summed E-state index contributed by atoms with van der Waals surface area (Å²) in [7, 11) is 4.55. The van der Waals surface area contributed by atoms with Gasteiger partial charge in [0.1, 0.15) is 11.8 Å². The summed E-state index contributed by atoms with van der Waals surface area (Å²) in [5, 5.41) is 0. The maximum Gasteiger partial charge on any atom is 0.322 e. The van der Waals surface area contributed by atoms with Crippen LogP contribution < -0.4 is 10.5 Å². The van der Waals surface area contributed by atoms with Gasteiger partial charge in [0.15, 0.2) is 0 Å². The van der Waals surface area contributed by atoms with Crippen LogP contribution in [0.1, 0.15) is 11.1 Å². The number of hydrogen-bond acceptors (Lipinski definition) is 5. The van der Waals surface area contributed by atoms with Crippen molar-refractivity contribution in [2.24, 2.45) is 5.73 Å². The zero-order chi connectivity index (χ0) is 13.5. The van der Waals surface area contributed by atoms with E-state index < -0.39 is 12.0 Å². The van der Waals surface area contributed by atoms with Crippen LogP contribution in [0.15, 0.2) is 18.2 Å². The van der Waals surface area contributed by atoms with E-state index in [0.29, 0.717) is 13.0 Å². The summed E-state index contributed by atoms with van der Waals surface area (Å²) in [5.74, 6) is 0.339. The molecule has 0 aliphatic rings. The second-order valence-electron chi connectivity index (χ2n) is 3.91. The monoisotopic (exact) mass is 253 g/mol. The van der Waals surface area contributed by atoms with Crippen LogP contribution in [0.2, 0.25) is 0 Å². The third kappa shape index (κ3) is 3.72. The zero-order valence-corrected chi connectivity index (χ0v) is 10.9. The molecule has 5 nitrogen and oxygen atoms in total. The highest BCUT2D eigenvalue weighted by molar-refractivity contribution is 5.75. The van der Waals surface area contributed by atoms with Crippen LogP contribution in [0.4, 0.5) is 0 Å². The Morgan fingerprint density at radius 2 is 2.06 bits per heavy atom. The Labute approximate surface area is 107 Å². The van der Waals surface area contributed by atoms with Gasteiger partial charge in [-0.05, 0) is 24.1 Å². The fourth-order valence-electron chi connectivity index (χ4n) is 1.72. The molecule has 1 aromatic rings. The van der Waals surface area contributed by atoms with Crippen LogP contribution in [0.5, 0.6) is 5.75 Å². The predicted octanol–water partition coefficient (Wildman–Crippen LogP) is 0.884. The molecule has 5 heteroatoms. The lowest BCUT2D eigenvalue weighted by atomic mass is 10.0. The molecule has 1 unspecified atom stereocenters. The van der Waals surface area contributed by atoms with Crippen molar-refractivity contribution < 1.29 is 19.0 Å². The number of carbonyl (C=O) groups excluding carboxylic acids is 1. The van der Waals surface area contributed by atoms with Gasteiger partial charge in [-0.15, -0.1) is 0 Å². The molecule has 0 aliphatic carbocycles. The highest BCUT2D eigenvalue weighted by Gasteiger charge is 2.15. The summed E-state index contributed by atoms with van der Waals surface area (Å²) in [6.45, 7) is 0.449. The maximum atomic E-state index is 11.3. The van der Waals surface area contributed by atoms with E-state index in [0.717, 1.165) is 16.9 Å². The van der Waals surface area contributed by atoms with E-state index in [-0.39, 0.29) is 0 Å². The Balaban J connectivity index is 2.84. The first-order chi connectivity index (χ1) is 8.62. The molecule has 2 N–H and O–H groups in total. The van der Waals surface area contributed by atoms with E-state index >= 15 is 0 Å². The minimum absolute atomic E-state index is 0.417. The summed E-state index contributed by atoms with van der Waals surface area (Å²) in [6.07, 6.45) is 0.424. The molecule has 0 heterocycles. The minimum Gasteiger partial charge on any atom is -0.496 e. The summed E-state index contributed by atoms with van der Waals surface area (Å²) in [6, 6.07) is 4.98. The van der Waals surface area contributed by atoms with Gasteiger partial charge < -0.3 is 19.9 Å². The van der Waals surface area contributed by atoms with E-state index in [4.69, 9.17) is 15.2 Å². The topological polar surface area (TPSA) is 70.8 Å². The quantitative estimate of drug-likeness (QED) is 0.762. The molecule has 18 heavy (non-hydrogen) atoms. The Kier molecular flexibility index (Phi) is 5.61. The lowest BCUT2D eigenvalue weighted by Gasteiger charge is -2.12. The number of carbonyl (C=O) groups is 1. The van der Waals surface area contributed by atoms with Crippen molar-refractivity contribution in [1.29, 1.82) is 0 Å². The number of rotatable bonds is 6. The molecule has 0 saturated heterocycles. The second-order valence-corrected chi connectivity index (χ2v) is 3.91. The highest BCUT2D eigenvalue weighted by atomic mass is 16.5. The van der Waals surface area contributed by atoms with Crippen molar-refractivity contribution in [3.63, 3.8) is 0 Å². The van der Waals surface area contributed by atoms with E-state index in [1.807, 2.05) is 18.2 Å². The highest BCUT2D eigenvalue weighted by Crippen LogP contribution is 2.21. The number of nitrogens with two attached hydrogens (primary N) is 1. The van der Waals surface area contributed by atoms with Crippen molar-refractivity contribution in [2.45, 2.75) is 19.1 Å². The average Bonchev–Trinajstić information content (AvgIpc) is 2.38. The standard InChI is InChI=1S/C13H19NO4/c1-16-8-10-6-9(4-5-12(10)17-2)7-11(14)13(15)18-3/h4-6,11H,7-8,14H2,1-3H3. The Morgan fingerprint density at radius 1 is 1.33 bits per heavy atom. The first-order valence-electron chi connectivity index (χ1n) is 5.60. The number of hydrogen-bond donors (Lipinski definition) is 1.